The number of urea groups is 1. The topological polar surface area (TPSA) is 105 Å². The molecule has 0 saturated carbocycles. The summed E-state index contributed by atoms with van der Waals surface area (Å²) in [5, 5.41) is 14.3. The Morgan fingerprint density at radius 1 is 1.16 bits per heavy atom. The van der Waals surface area contributed by atoms with Crippen LogP contribution in [0.25, 0.3) is 0 Å². The molecule has 0 aliphatic carbocycles. The van der Waals surface area contributed by atoms with Gasteiger partial charge in [-0.25, -0.2) is 4.79 Å². The number of carbonyl (C=O) groups is 2. The standard InChI is InChI=1S/C22H26N6O3S/c1-15-7-8-18(16(2)12-15)23-20(30)24-19(29)14-32-22-26-25-21(27-9-3-4-10-27)28(22)13-17-6-5-11-31-17/h5-8,11-12H,3-4,9-10,13-14H2,1-2H3,(H2,23,24,29,30). The fraction of sp³-hybridized carbons (Fsp3) is 0.364. The van der Waals surface area contributed by atoms with Gasteiger partial charge in [0.1, 0.15) is 5.76 Å². The Morgan fingerprint density at radius 3 is 2.69 bits per heavy atom. The monoisotopic (exact) mass is 454 g/mol. The summed E-state index contributed by atoms with van der Waals surface area (Å²) in [6.45, 7) is 6.23. The average molecular weight is 455 g/mol. The van der Waals surface area contributed by atoms with Crippen LogP contribution < -0.4 is 15.5 Å². The van der Waals surface area contributed by atoms with Crippen LogP contribution in [0.4, 0.5) is 16.4 Å². The Labute approximate surface area is 190 Å². The molecule has 0 unspecified atom stereocenters. The third-order valence-electron chi connectivity index (χ3n) is 5.20. The van der Waals surface area contributed by atoms with Crippen molar-refractivity contribution in [2.75, 3.05) is 29.1 Å². The molecule has 1 fully saturated rings. The summed E-state index contributed by atoms with van der Waals surface area (Å²) >= 11 is 1.24. The van der Waals surface area contributed by atoms with Gasteiger partial charge in [0.05, 0.1) is 18.6 Å². The predicted octanol–water partition coefficient (Wildman–Crippen LogP) is 3.58. The van der Waals surface area contributed by atoms with E-state index >= 15 is 0 Å². The number of carbonyl (C=O) groups excluding carboxylic acids is 2. The van der Waals surface area contributed by atoms with E-state index in [-0.39, 0.29) is 5.75 Å². The van der Waals surface area contributed by atoms with Crippen molar-refractivity contribution >= 4 is 35.3 Å². The van der Waals surface area contributed by atoms with Gasteiger partial charge in [0, 0.05) is 18.8 Å². The van der Waals surface area contributed by atoms with E-state index in [1.807, 2.05) is 48.7 Å². The van der Waals surface area contributed by atoms with Gasteiger partial charge in [0.25, 0.3) is 0 Å². The number of anilines is 2. The van der Waals surface area contributed by atoms with Crippen molar-refractivity contribution in [3.05, 3.63) is 53.5 Å². The van der Waals surface area contributed by atoms with Crippen LogP contribution >= 0.6 is 11.8 Å². The van der Waals surface area contributed by atoms with E-state index in [0.29, 0.717) is 17.4 Å². The van der Waals surface area contributed by atoms with Crippen LogP contribution in [0.3, 0.4) is 0 Å². The molecule has 0 spiro atoms. The maximum absolute atomic E-state index is 12.4. The minimum absolute atomic E-state index is 0.0383. The molecule has 1 aromatic carbocycles. The Morgan fingerprint density at radius 2 is 1.97 bits per heavy atom. The highest BCUT2D eigenvalue weighted by molar-refractivity contribution is 7.99. The molecule has 3 heterocycles. The Bertz CT molecular complexity index is 1090. The highest BCUT2D eigenvalue weighted by atomic mass is 32.2. The molecule has 9 nitrogen and oxygen atoms in total. The highest BCUT2D eigenvalue weighted by Gasteiger charge is 2.22. The lowest BCUT2D eigenvalue weighted by Crippen LogP contribution is -2.35. The third kappa shape index (κ3) is 5.31. The lowest BCUT2D eigenvalue weighted by Gasteiger charge is -2.17. The van der Waals surface area contributed by atoms with E-state index in [4.69, 9.17) is 4.42 Å². The SMILES string of the molecule is Cc1ccc(NC(=O)NC(=O)CSc2nnc(N3CCCC3)n2Cc2ccco2)c(C)c1. The molecule has 3 amide bonds. The number of nitrogens with one attached hydrogen (secondary N) is 2. The van der Waals surface area contributed by atoms with Crippen LogP contribution in [0.2, 0.25) is 0 Å². The molecule has 0 atom stereocenters. The summed E-state index contributed by atoms with van der Waals surface area (Å²) in [7, 11) is 0. The Balaban J connectivity index is 1.38. The molecule has 1 saturated heterocycles. The first kappa shape index (κ1) is 21.9. The first-order valence-corrected chi connectivity index (χ1v) is 11.5. The lowest BCUT2D eigenvalue weighted by atomic mass is 10.1. The molecule has 32 heavy (non-hydrogen) atoms. The second kappa shape index (κ2) is 9.90. The van der Waals surface area contributed by atoms with Crippen LogP contribution in [-0.4, -0.2) is 45.5 Å². The van der Waals surface area contributed by atoms with Crippen LogP contribution in [-0.2, 0) is 11.3 Å². The molecule has 2 N–H and O–H groups in total. The highest BCUT2D eigenvalue weighted by Crippen LogP contribution is 2.26. The molecular weight excluding hydrogens is 428 g/mol. The molecule has 168 valence electrons. The second-order valence-corrected chi connectivity index (χ2v) is 8.69. The van der Waals surface area contributed by atoms with Crippen LogP contribution in [0.15, 0.2) is 46.2 Å². The predicted molar refractivity (Wildman–Crippen MR) is 123 cm³/mol. The summed E-state index contributed by atoms with van der Waals surface area (Å²) in [4.78, 5) is 26.8. The van der Waals surface area contributed by atoms with Gasteiger partial charge in [-0.15, -0.1) is 10.2 Å². The Hall–Kier alpha value is -3.27. The summed E-state index contributed by atoms with van der Waals surface area (Å²) in [6, 6.07) is 8.87. The number of aryl methyl sites for hydroxylation is 2. The van der Waals surface area contributed by atoms with E-state index in [2.05, 4.69) is 25.7 Å². The van der Waals surface area contributed by atoms with Gasteiger partial charge in [-0.2, -0.15) is 0 Å². The lowest BCUT2D eigenvalue weighted by molar-refractivity contribution is -0.117. The summed E-state index contributed by atoms with van der Waals surface area (Å²) in [6.07, 6.45) is 3.87. The largest absolute Gasteiger partial charge is 0.467 e. The van der Waals surface area contributed by atoms with Crippen molar-refractivity contribution in [3.8, 4) is 0 Å². The van der Waals surface area contributed by atoms with Crippen molar-refractivity contribution in [1.29, 1.82) is 0 Å². The fourth-order valence-corrected chi connectivity index (χ4v) is 4.37. The summed E-state index contributed by atoms with van der Waals surface area (Å²) < 4.78 is 7.45. The molecule has 10 heteroatoms. The smallest absolute Gasteiger partial charge is 0.325 e. The molecule has 2 aromatic heterocycles. The number of nitrogens with zero attached hydrogens (tertiary/aromatic N) is 4. The second-order valence-electron chi connectivity index (χ2n) is 7.75. The van der Waals surface area contributed by atoms with E-state index < -0.39 is 11.9 Å². The number of rotatable bonds is 7. The van der Waals surface area contributed by atoms with Crippen LogP contribution in [0, 0.1) is 13.8 Å². The van der Waals surface area contributed by atoms with E-state index in [1.165, 1.54) is 11.8 Å². The van der Waals surface area contributed by atoms with Crippen molar-refractivity contribution in [3.63, 3.8) is 0 Å². The van der Waals surface area contributed by atoms with Gasteiger partial charge in [-0.1, -0.05) is 29.5 Å². The zero-order valence-corrected chi connectivity index (χ0v) is 18.9. The molecule has 3 aromatic rings. The van der Waals surface area contributed by atoms with E-state index in [0.717, 1.165) is 48.8 Å². The zero-order valence-electron chi connectivity index (χ0n) is 18.1. The van der Waals surface area contributed by atoms with Gasteiger partial charge in [-0.05, 0) is 50.5 Å². The first-order chi connectivity index (χ1) is 15.5. The molecule has 1 aliphatic rings. The number of hydrogen-bond donors (Lipinski definition) is 2. The number of imide groups is 1. The van der Waals surface area contributed by atoms with Gasteiger partial charge < -0.3 is 14.6 Å². The van der Waals surface area contributed by atoms with Crippen LogP contribution in [0.5, 0.6) is 0 Å². The first-order valence-electron chi connectivity index (χ1n) is 10.5. The quantitative estimate of drug-likeness (QED) is 0.526. The summed E-state index contributed by atoms with van der Waals surface area (Å²) in [5.41, 5.74) is 2.71. The minimum Gasteiger partial charge on any atom is -0.467 e. The number of hydrogen-bond acceptors (Lipinski definition) is 7. The van der Waals surface area contributed by atoms with Gasteiger partial charge >= 0.3 is 6.03 Å². The van der Waals surface area contributed by atoms with Crippen molar-refractivity contribution in [1.82, 2.24) is 20.1 Å². The molecule has 0 radical (unpaired) electrons. The normalized spacial score (nSPS) is 13.4. The van der Waals surface area contributed by atoms with Crippen molar-refractivity contribution in [2.45, 2.75) is 38.4 Å². The third-order valence-corrected chi connectivity index (χ3v) is 6.16. The Kier molecular flexibility index (Phi) is 6.79. The number of aromatic nitrogens is 3. The maximum atomic E-state index is 12.4. The van der Waals surface area contributed by atoms with E-state index in [9.17, 15) is 9.59 Å². The molecular formula is C22H26N6O3S. The van der Waals surface area contributed by atoms with Gasteiger partial charge in [-0.3, -0.25) is 14.7 Å². The van der Waals surface area contributed by atoms with E-state index in [1.54, 1.807) is 6.26 Å². The van der Waals surface area contributed by atoms with Crippen LogP contribution in [0.1, 0.15) is 29.7 Å². The number of thioether (sulfide) groups is 1. The average Bonchev–Trinajstić information content (AvgIpc) is 3.51. The molecule has 0 bridgehead atoms. The number of furan rings is 1. The maximum Gasteiger partial charge on any atom is 0.325 e. The molecule has 4 rings (SSSR count). The zero-order chi connectivity index (χ0) is 22.5. The number of benzene rings is 1. The van der Waals surface area contributed by atoms with Crippen molar-refractivity contribution < 1.29 is 14.0 Å². The summed E-state index contributed by atoms with van der Waals surface area (Å²) in [5.74, 6) is 1.18. The van der Waals surface area contributed by atoms with Gasteiger partial charge in [0.2, 0.25) is 11.9 Å². The van der Waals surface area contributed by atoms with Crippen molar-refractivity contribution in [2.24, 2.45) is 0 Å². The van der Waals surface area contributed by atoms with Gasteiger partial charge in [0.15, 0.2) is 5.16 Å². The minimum atomic E-state index is -0.558. The number of amides is 3. The fourth-order valence-electron chi connectivity index (χ4n) is 3.64. The molecule has 1 aliphatic heterocycles.